The molecule has 0 saturated carbocycles. The minimum Gasteiger partial charge on any atom is -0.547 e. The SMILES string of the molecule is CC(O)C(=O)[O-].CC(O)C(=O)[O-].CC(O)C(=O)[O-].[ClH2+].[Fe+2]. The molecule has 0 aliphatic rings. The maximum atomic E-state index is 9.34. The standard InChI is InChI=1S/3C3H6O3.ClH2.Fe/c3*1-2(4)3(5)6;;/h3*2,4H,1H3,(H,5,6);1H2;/q;;;+1;+2/p-3. The van der Waals surface area contributed by atoms with Crippen LogP contribution in [0.25, 0.3) is 0 Å². The van der Waals surface area contributed by atoms with Crippen LogP contribution in [0.4, 0.5) is 0 Å². The minimum atomic E-state index is -1.44. The Balaban J connectivity index is -0.0000000536. The van der Waals surface area contributed by atoms with E-state index in [1.54, 1.807) is 0 Å². The fourth-order valence-corrected chi connectivity index (χ4v) is 0. The van der Waals surface area contributed by atoms with Crippen LogP contribution < -0.4 is 15.3 Å². The van der Waals surface area contributed by atoms with Crippen molar-refractivity contribution in [2.45, 2.75) is 39.1 Å². The summed E-state index contributed by atoms with van der Waals surface area (Å²) in [5.41, 5.74) is 0. The van der Waals surface area contributed by atoms with E-state index in [1.165, 1.54) is 0 Å². The summed E-state index contributed by atoms with van der Waals surface area (Å²) in [5.74, 6) is -4.31. The molecular formula is C9H17ClFeO9. The second kappa shape index (κ2) is 18.1. The molecule has 3 atom stereocenters. The number of aliphatic hydroxyl groups excluding tert-OH is 3. The van der Waals surface area contributed by atoms with Crippen LogP contribution in [0, 0.1) is 12.4 Å². The van der Waals surface area contributed by atoms with Gasteiger partial charge in [-0.1, -0.05) is 0 Å². The predicted octanol–water partition coefficient (Wildman–Crippen LogP) is -6.19. The van der Waals surface area contributed by atoms with E-state index in [1.807, 2.05) is 0 Å². The van der Waals surface area contributed by atoms with Crippen molar-refractivity contribution in [1.29, 1.82) is 0 Å². The van der Waals surface area contributed by atoms with Crippen molar-refractivity contribution in [3.05, 3.63) is 0 Å². The molecule has 0 bridgehead atoms. The molecule has 0 spiro atoms. The van der Waals surface area contributed by atoms with Gasteiger partial charge in [-0.2, -0.15) is 0 Å². The average molecular weight is 361 g/mol. The van der Waals surface area contributed by atoms with Crippen LogP contribution in [0.15, 0.2) is 0 Å². The summed E-state index contributed by atoms with van der Waals surface area (Å²) in [5, 5.41) is 51.9. The van der Waals surface area contributed by atoms with Crippen molar-refractivity contribution >= 4 is 17.9 Å². The summed E-state index contributed by atoms with van der Waals surface area (Å²) in [7, 11) is 0. The third-order valence-corrected chi connectivity index (χ3v) is 1.02. The van der Waals surface area contributed by atoms with Gasteiger partial charge < -0.3 is 45.0 Å². The van der Waals surface area contributed by atoms with Crippen LogP contribution in [0.5, 0.6) is 0 Å². The van der Waals surface area contributed by atoms with Crippen molar-refractivity contribution in [3.8, 4) is 0 Å². The molecule has 0 aliphatic carbocycles. The van der Waals surface area contributed by atoms with Gasteiger partial charge in [0.1, 0.15) is 0 Å². The Hall–Kier alpha value is -0.901. The van der Waals surface area contributed by atoms with E-state index in [0.717, 1.165) is 20.8 Å². The first kappa shape index (κ1) is 31.5. The fourth-order valence-electron chi connectivity index (χ4n) is 0. The minimum absolute atomic E-state index is 0. The van der Waals surface area contributed by atoms with Gasteiger partial charge >= 0.3 is 17.1 Å². The number of halogens is 1. The molecule has 0 amide bonds. The Labute approximate surface area is 132 Å². The second-order valence-corrected chi connectivity index (χ2v) is 2.99. The second-order valence-electron chi connectivity index (χ2n) is 2.99. The average Bonchev–Trinajstić information content (AvgIpc) is 2.18. The Morgan fingerprint density at radius 2 is 0.750 bits per heavy atom. The maximum Gasteiger partial charge on any atom is 2.00 e. The molecule has 0 aliphatic heterocycles. The van der Waals surface area contributed by atoms with Crippen molar-refractivity contribution < 1.29 is 74.5 Å². The number of hydrogen-bond donors (Lipinski definition) is 3. The van der Waals surface area contributed by atoms with Gasteiger partial charge in [0.25, 0.3) is 0 Å². The Morgan fingerprint density at radius 3 is 0.750 bits per heavy atom. The Morgan fingerprint density at radius 1 is 0.700 bits per heavy atom. The molecule has 3 unspecified atom stereocenters. The molecule has 20 heavy (non-hydrogen) atoms. The Kier molecular flexibility index (Phi) is 28.5. The number of carbonyl (C=O) groups is 3. The number of rotatable bonds is 3. The van der Waals surface area contributed by atoms with Gasteiger partial charge in [0.2, 0.25) is 0 Å². The van der Waals surface area contributed by atoms with Gasteiger partial charge in [-0.15, -0.1) is 0 Å². The van der Waals surface area contributed by atoms with E-state index in [4.69, 9.17) is 15.3 Å². The molecule has 0 heterocycles. The molecule has 122 valence electrons. The molecule has 0 aromatic carbocycles. The summed E-state index contributed by atoms with van der Waals surface area (Å²) in [4.78, 5) is 28.0. The van der Waals surface area contributed by atoms with E-state index in [0.29, 0.717) is 0 Å². The van der Waals surface area contributed by atoms with E-state index in [2.05, 4.69) is 0 Å². The largest absolute Gasteiger partial charge is 2.00 e. The molecule has 0 saturated heterocycles. The molecular weight excluding hydrogens is 343 g/mol. The van der Waals surface area contributed by atoms with Crippen LogP contribution in [0.3, 0.4) is 0 Å². The quantitative estimate of drug-likeness (QED) is 0.412. The summed E-state index contributed by atoms with van der Waals surface area (Å²) in [6.45, 7) is 3.40. The molecule has 0 aromatic rings. The molecule has 9 nitrogen and oxygen atoms in total. The van der Waals surface area contributed by atoms with Crippen LogP contribution in [0.2, 0.25) is 0 Å². The van der Waals surface area contributed by atoms with Crippen molar-refractivity contribution in [2.75, 3.05) is 0 Å². The van der Waals surface area contributed by atoms with Crippen molar-refractivity contribution in [2.24, 2.45) is 0 Å². The van der Waals surface area contributed by atoms with E-state index >= 15 is 0 Å². The van der Waals surface area contributed by atoms with Crippen LogP contribution in [0.1, 0.15) is 20.8 Å². The topological polar surface area (TPSA) is 181 Å². The molecule has 11 heteroatoms. The third-order valence-electron chi connectivity index (χ3n) is 1.02. The molecule has 0 aromatic heterocycles. The third kappa shape index (κ3) is 36.0. The first-order valence-electron chi connectivity index (χ1n) is 4.60. The van der Waals surface area contributed by atoms with E-state index in [9.17, 15) is 29.7 Å². The zero-order valence-corrected chi connectivity index (χ0v) is 12.8. The maximum absolute atomic E-state index is 9.34. The van der Waals surface area contributed by atoms with Gasteiger partial charge in [-0.25, -0.2) is 0 Å². The summed E-state index contributed by atoms with van der Waals surface area (Å²) in [6, 6.07) is 0. The fraction of sp³-hybridized carbons (Fsp3) is 0.667. The number of hydrogen-bond acceptors (Lipinski definition) is 9. The van der Waals surface area contributed by atoms with Gasteiger partial charge in [-0.05, 0) is 20.8 Å². The van der Waals surface area contributed by atoms with Gasteiger partial charge in [0.05, 0.1) is 48.6 Å². The van der Waals surface area contributed by atoms with Crippen LogP contribution >= 0.6 is 0 Å². The van der Waals surface area contributed by atoms with Crippen LogP contribution in [-0.4, -0.2) is 51.5 Å². The predicted molar refractivity (Wildman–Crippen MR) is 52.9 cm³/mol. The summed E-state index contributed by atoms with van der Waals surface area (Å²) in [6.07, 6.45) is -4.03. The van der Waals surface area contributed by atoms with Gasteiger partial charge in [0, 0.05) is 0 Å². The number of carboxylic acids is 3. The van der Waals surface area contributed by atoms with E-state index < -0.39 is 36.2 Å². The van der Waals surface area contributed by atoms with Crippen LogP contribution in [-0.2, 0) is 31.5 Å². The smallest absolute Gasteiger partial charge is 0.547 e. The number of aliphatic hydroxyl groups is 3. The number of carboxylic acid groups (broad SMARTS) is 3. The summed E-state index contributed by atoms with van der Waals surface area (Å²) >= 11 is 0. The zero-order chi connectivity index (χ0) is 15.5. The van der Waals surface area contributed by atoms with E-state index in [-0.39, 0.29) is 29.5 Å². The summed E-state index contributed by atoms with van der Waals surface area (Å²) < 4.78 is 0. The number of aliphatic carboxylic acids is 3. The molecule has 0 fully saturated rings. The number of carbonyl (C=O) groups excluding carboxylic acids is 3. The first-order valence-corrected chi connectivity index (χ1v) is 4.60. The van der Waals surface area contributed by atoms with Gasteiger partial charge in [0.15, 0.2) is 0 Å². The molecule has 3 N–H and O–H groups in total. The molecule has 0 radical (unpaired) electrons. The monoisotopic (exact) mass is 360 g/mol. The van der Waals surface area contributed by atoms with Crippen molar-refractivity contribution in [1.82, 2.24) is 0 Å². The van der Waals surface area contributed by atoms with Gasteiger partial charge in [-0.3, -0.25) is 0 Å². The first-order chi connectivity index (χ1) is 7.93. The Bertz CT molecular complexity index is 225. The normalized spacial score (nSPS) is 12.3. The zero-order valence-electron chi connectivity index (χ0n) is 10.8. The molecule has 0 rings (SSSR count). The van der Waals surface area contributed by atoms with Crippen molar-refractivity contribution in [3.63, 3.8) is 0 Å².